The average molecular weight is 223 g/mol. The first-order valence-electron chi connectivity index (χ1n) is 3.81. The van der Waals surface area contributed by atoms with E-state index in [0.29, 0.717) is 0 Å². The fourth-order valence-corrected chi connectivity index (χ4v) is 1.02. The molecule has 1 aromatic carbocycles. The van der Waals surface area contributed by atoms with Crippen LogP contribution in [0.3, 0.4) is 0 Å². The fraction of sp³-hybridized carbons (Fsp3) is 0.111. The van der Waals surface area contributed by atoms with Crippen molar-refractivity contribution in [3.8, 4) is 0 Å². The number of benzene rings is 1. The average Bonchev–Trinajstić information content (AvgIpc) is 2.23. The van der Waals surface area contributed by atoms with Crippen LogP contribution in [0.2, 0.25) is 0 Å². The van der Waals surface area contributed by atoms with E-state index in [2.05, 4.69) is 6.58 Å². The van der Waals surface area contributed by atoms with Gasteiger partial charge < -0.3 is 5.73 Å². The third-order valence-electron chi connectivity index (χ3n) is 1.81. The largest absolute Gasteiger partial charge is 0.326 e. The van der Waals surface area contributed by atoms with Crippen molar-refractivity contribution in [3.63, 3.8) is 0 Å². The van der Waals surface area contributed by atoms with Gasteiger partial charge in [0.25, 0.3) is 0 Å². The van der Waals surface area contributed by atoms with Crippen molar-refractivity contribution in [2.45, 2.75) is 0 Å². The zero-order valence-electron chi connectivity index (χ0n) is 7.38. The van der Waals surface area contributed by atoms with Crippen LogP contribution in [-0.2, 0) is 0 Å². The quantitative estimate of drug-likeness (QED) is 0.465. The highest BCUT2D eigenvalue weighted by Crippen LogP contribution is 2.26. The molecule has 0 saturated carbocycles. The molecule has 0 spiro atoms. The van der Waals surface area contributed by atoms with Crippen LogP contribution in [-0.4, -0.2) is 6.54 Å². The van der Waals surface area contributed by atoms with Crippen LogP contribution in [0.1, 0.15) is 5.56 Å². The Morgan fingerprint density at radius 2 is 1.20 bits per heavy atom. The normalized spacial score (nSPS) is 10.5. The Hall–Kier alpha value is -1.43. The van der Waals surface area contributed by atoms with Gasteiger partial charge in [0.15, 0.2) is 23.3 Å². The molecule has 0 radical (unpaired) electrons. The van der Waals surface area contributed by atoms with E-state index in [9.17, 15) is 22.0 Å². The molecule has 0 unspecified atom stereocenters. The lowest BCUT2D eigenvalue weighted by molar-refractivity contribution is 0.376. The number of hydrogen-bond acceptors (Lipinski definition) is 1. The van der Waals surface area contributed by atoms with Gasteiger partial charge in [0.1, 0.15) is 0 Å². The smallest absolute Gasteiger partial charge is 0.200 e. The molecule has 0 aromatic heterocycles. The van der Waals surface area contributed by atoms with Gasteiger partial charge in [-0.3, -0.25) is 0 Å². The summed E-state index contributed by atoms with van der Waals surface area (Å²) < 4.78 is 63.9. The van der Waals surface area contributed by atoms with E-state index in [0.717, 1.165) is 0 Å². The molecule has 6 heteroatoms. The van der Waals surface area contributed by atoms with Crippen molar-refractivity contribution in [1.29, 1.82) is 0 Å². The van der Waals surface area contributed by atoms with Crippen LogP contribution in [0.25, 0.3) is 5.57 Å². The molecule has 0 aliphatic carbocycles. The minimum absolute atomic E-state index is 0.359. The Kier molecular flexibility index (Phi) is 3.09. The maximum atomic E-state index is 13.0. The second-order valence-electron chi connectivity index (χ2n) is 2.75. The molecular weight excluding hydrogens is 217 g/mol. The summed E-state index contributed by atoms with van der Waals surface area (Å²) >= 11 is 0. The first-order valence-corrected chi connectivity index (χ1v) is 3.81. The van der Waals surface area contributed by atoms with E-state index in [-0.39, 0.29) is 5.57 Å². The molecule has 0 bridgehead atoms. The lowest BCUT2D eigenvalue weighted by Crippen LogP contribution is -2.10. The Bertz CT molecular complexity index is 398. The van der Waals surface area contributed by atoms with Gasteiger partial charge in [-0.05, 0) is 5.57 Å². The predicted octanol–water partition coefficient (Wildman–Crippen LogP) is 2.35. The predicted molar refractivity (Wildman–Crippen MR) is 44.3 cm³/mol. The summed E-state index contributed by atoms with van der Waals surface area (Å²) in [6.07, 6.45) is 0. The van der Waals surface area contributed by atoms with Crippen LogP contribution < -0.4 is 5.73 Å². The van der Waals surface area contributed by atoms with Gasteiger partial charge in [-0.25, -0.2) is 22.0 Å². The van der Waals surface area contributed by atoms with Gasteiger partial charge in [-0.15, -0.1) is 0 Å². The molecule has 1 nitrogen and oxygen atoms in total. The summed E-state index contributed by atoms with van der Waals surface area (Å²) in [7, 11) is 0. The van der Waals surface area contributed by atoms with Gasteiger partial charge in [0.2, 0.25) is 5.82 Å². The maximum Gasteiger partial charge on any atom is 0.200 e. The summed E-state index contributed by atoms with van der Waals surface area (Å²) in [5.41, 5.74) is 3.59. The molecule has 82 valence electrons. The minimum atomic E-state index is -2.20. The van der Waals surface area contributed by atoms with Crippen molar-refractivity contribution in [2.24, 2.45) is 5.73 Å². The highest BCUT2D eigenvalue weighted by atomic mass is 19.2. The number of nitrogens with two attached hydrogens (primary N) is 1. The summed E-state index contributed by atoms with van der Waals surface area (Å²) in [6, 6.07) is 0. The third kappa shape index (κ3) is 1.72. The fourth-order valence-electron chi connectivity index (χ4n) is 1.02. The Labute approximate surface area is 82.0 Å². The maximum absolute atomic E-state index is 13.0. The topological polar surface area (TPSA) is 26.0 Å². The van der Waals surface area contributed by atoms with Crippen molar-refractivity contribution in [1.82, 2.24) is 0 Å². The third-order valence-corrected chi connectivity index (χ3v) is 1.81. The summed E-state index contributed by atoms with van der Waals surface area (Å²) in [5, 5.41) is 0. The van der Waals surface area contributed by atoms with Crippen LogP contribution in [0, 0.1) is 29.1 Å². The lowest BCUT2D eigenvalue weighted by atomic mass is 10.1. The standard InChI is InChI=1S/C9H6F5N/c1-3(2-15)4-5(10)7(12)9(14)8(13)6(4)11/h1-2,15H2. The molecular formula is C9H6F5N. The van der Waals surface area contributed by atoms with Gasteiger partial charge in [-0.2, -0.15) is 0 Å². The molecule has 0 heterocycles. The number of hydrogen-bond donors (Lipinski definition) is 1. The van der Waals surface area contributed by atoms with Gasteiger partial charge in [-0.1, -0.05) is 6.58 Å². The summed E-state index contributed by atoms with van der Waals surface area (Å²) in [5.74, 6) is -10.0. The molecule has 0 aliphatic rings. The first-order chi connectivity index (χ1) is 6.91. The van der Waals surface area contributed by atoms with E-state index in [1.807, 2.05) is 0 Å². The highest BCUT2D eigenvalue weighted by Gasteiger charge is 2.26. The zero-order valence-corrected chi connectivity index (χ0v) is 7.38. The van der Waals surface area contributed by atoms with Crippen LogP contribution in [0.4, 0.5) is 22.0 Å². The Morgan fingerprint density at radius 1 is 0.867 bits per heavy atom. The highest BCUT2D eigenvalue weighted by molar-refractivity contribution is 5.65. The SMILES string of the molecule is C=C(CN)c1c(F)c(F)c(F)c(F)c1F. The molecule has 1 rings (SSSR count). The molecule has 15 heavy (non-hydrogen) atoms. The molecule has 2 N–H and O–H groups in total. The first kappa shape index (κ1) is 11.6. The van der Waals surface area contributed by atoms with Crippen molar-refractivity contribution in [3.05, 3.63) is 41.2 Å². The van der Waals surface area contributed by atoms with E-state index in [1.165, 1.54) is 0 Å². The molecule has 0 atom stereocenters. The monoisotopic (exact) mass is 223 g/mol. The van der Waals surface area contributed by atoms with E-state index < -0.39 is 41.2 Å². The summed E-state index contributed by atoms with van der Waals surface area (Å²) in [6.45, 7) is 2.71. The molecule has 0 fully saturated rings. The number of halogens is 5. The van der Waals surface area contributed by atoms with Crippen LogP contribution in [0.5, 0.6) is 0 Å². The zero-order chi connectivity index (χ0) is 11.7. The Morgan fingerprint density at radius 3 is 1.53 bits per heavy atom. The van der Waals surface area contributed by atoms with Crippen molar-refractivity contribution < 1.29 is 22.0 Å². The van der Waals surface area contributed by atoms with Gasteiger partial charge >= 0.3 is 0 Å². The second-order valence-corrected chi connectivity index (χ2v) is 2.75. The van der Waals surface area contributed by atoms with E-state index in [1.54, 1.807) is 0 Å². The molecule has 0 saturated heterocycles. The minimum Gasteiger partial charge on any atom is -0.326 e. The van der Waals surface area contributed by atoms with Crippen molar-refractivity contribution >= 4 is 5.57 Å². The molecule has 1 aromatic rings. The van der Waals surface area contributed by atoms with Crippen LogP contribution in [0.15, 0.2) is 6.58 Å². The van der Waals surface area contributed by atoms with Crippen LogP contribution >= 0.6 is 0 Å². The van der Waals surface area contributed by atoms with Gasteiger partial charge in [0.05, 0.1) is 5.56 Å². The van der Waals surface area contributed by atoms with E-state index >= 15 is 0 Å². The second kappa shape index (κ2) is 3.98. The molecule has 0 aliphatic heterocycles. The van der Waals surface area contributed by atoms with E-state index in [4.69, 9.17) is 5.73 Å². The summed E-state index contributed by atoms with van der Waals surface area (Å²) in [4.78, 5) is 0. The molecule has 0 amide bonds. The van der Waals surface area contributed by atoms with Crippen molar-refractivity contribution in [2.75, 3.05) is 6.54 Å². The van der Waals surface area contributed by atoms with Gasteiger partial charge in [0, 0.05) is 6.54 Å². The Balaban J connectivity index is 3.60. The lowest BCUT2D eigenvalue weighted by Gasteiger charge is -2.08. The number of rotatable bonds is 2.